The Kier molecular flexibility index (Phi) is 6.29. The minimum Gasteiger partial charge on any atom is -0.475 e. The van der Waals surface area contributed by atoms with Gasteiger partial charge >= 0.3 is 0 Å². The molecule has 1 aromatic rings. The molecule has 1 heterocycles. The van der Waals surface area contributed by atoms with E-state index in [2.05, 4.69) is 44.1 Å². The van der Waals surface area contributed by atoms with Crippen molar-refractivity contribution in [3.05, 3.63) is 23.4 Å². The summed E-state index contributed by atoms with van der Waals surface area (Å²) in [6, 6.07) is 4.21. The zero-order chi connectivity index (χ0) is 14.4. The summed E-state index contributed by atoms with van der Waals surface area (Å²) in [6.07, 6.45) is 0.159. The molecule has 0 amide bonds. The summed E-state index contributed by atoms with van der Waals surface area (Å²) in [6.45, 7) is 14.7. The fraction of sp³-hybridized carbons (Fsp3) is 0.688. The Hall–Kier alpha value is -1.09. The highest BCUT2D eigenvalue weighted by Gasteiger charge is 2.08. The number of ether oxygens (including phenoxy) is 1. The van der Waals surface area contributed by atoms with Crippen LogP contribution in [-0.4, -0.2) is 17.6 Å². The van der Waals surface area contributed by atoms with Crippen molar-refractivity contribution in [1.82, 2.24) is 10.3 Å². The van der Waals surface area contributed by atoms with Gasteiger partial charge in [-0.25, -0.2) is 4.98 Å². The summed E-state index contributed by atoms with van der Waals surface area (Å²) < 4.78 is 5.73. The van der Waals surface area contributed by atoms with Crippen LogP contribution in [0.15, 0.2) is 12.1 Å². The molecule has 108 valence electrons. The third-order valence-corrected chi connectivity index (χ3v) is 2.71. The van der Waals surface area contributed by atoms with Crippen LogP contribution in [0, 0.1) is 5.92 Å². The fourth-order valence-corrected chi connectivity index (χ4v) is 1.79. The highest BCUT2D eigenvalue weighted by Crippen LogP contribution is 2.19. The third kappa shape index (κ3) is 6.06. The first kappa shape index (κ1) is 16.0. The van der Waals surface area contributed by atoms with Crippen molar-refractivity contribution in [2.45, 2.75) is 60.1 Å². The smallest absolute Gasteiger partial charge is 0.214 e. The van der Waals surface area contributed by atoms with Gasteiger partial charge in [0.15, 0.2) is 0 Å². The van der Waals surface area contributed by atoms with Crippen LogP contribution in [0.2, 0.25) is 0 Å². The van der Waals surface area contributed by atoms with E-state index in [0.717, 1.165) is 24.7 Å². The molecule has 0 fully saturated rings. The minimum atomic E-state index is 0.159. The predicted molar refractivity (Wildman–Crippen MR) is 80.6 cm³/mol. The summed E-state index contributed by atoms with van der Waals surface area (Å²) in [5.74, 6) is 1.82. The molecule has 1 N–H and O–H groups in total. The monoisotopic (exact) mass is 264 g/mol. The topological polar surface area (TPSA) is 34.1 Å². The number of pyridine rings is 1. The van der Waals surface area contributed by atoms with Gasteiger partial charge in [0.05, 0.1) is 6.10 Å². The Morgan fingerprint density at radius 1 is 1.11 bits per heavy atom. The van der Waals surface area contributed by atoms with Gasteiger partial charge in [0, 0.05) is 18.3 Å². The average Bonchev–Trinajstić information content (AvgIpc) is 2.27. The van der Waals surface area contributed by atoms with Gasteiger partial charge in [-0.1, -0.05) is 27.7 Å². The maximum Gasteiger partial charge on any atom is 0.214 e. The molecule has 3 nitrogen and oxygen atoms in total. The Bertz CT molecular complexity index is 386. The lowest BCUT2D eigenvalue weighted by Gasteiger charge is -2.14. The molecule has 1 aromatic heterocycles. The molecule has 0 bridgehead atoms. The van der Waals surface area contributed by atoms with Gasteiger partial charge in [0.25, 0.3) is 0 Å². The molecule has 0 saturated carbocycles. The van der Waals surface area contributed by atoms with Crippen molar-refractivity contribution < 1.29 is 4.74 Å². The second kappa shape index (κ2) is 7.49. The van der Waals surface area contributed by atoms with Gasteiger partial charge < -0.3 is 10.1 Å². The van der Waals surface area contributed by atoms with Gasteiger partial charge in [-0.15, -0.1) is 0 Å². The maximum absolute atomic E-state index is 5.73. The van der Waals surface area contributed by atoms with Crippen LogP contribution in [-0.2, 0) is 6.54 Å². The SMILES string of the molecule is CC(C)CNCc1cc(OC(C)C)nc(C(C)C)c1. The molecule has 0 aromatic carbocycles. The van der Waals surface area contributed by atoms with Gasteiger partial charge in [-0.2, -0.15) is 0 Å². The highest BCUT2D eigenvalue weighted by molar-refractivity contribution is 5.26. The van der Waals surface area contributed by atoms with Crippen LogP contribution in [0.4, 0.5) is 0 Å². The number of hydrogen-bond donors (Lipinski definition) is 1. The fourth-order valence-electron chi connectivity index (χ4n) is 1.79. The molecule has 0 atom stereocenters. The standard InChI is InChI=1S/C16H28N2O/c1-11(2)9-17-10-14-7-15(12(3)4)18-16(8-14)19-13(5)6/h7-8,11-13,17H,9-10H2,1-6H3. The largest absolute Gasteiger partial charge is 0.475 e. The molecule has 1 rings (SSSR count). The molecule has 0 spiro atoms. The van der Waals surface area contributed by atoms with Crippen molar-refractivity contribution in [3.8, 4) is 5.88 Å². The molecule has 0 aliphatic carbocycles. The summed E-state index contributed by atoms with van der Waals surface area (Å²) >= 11 is 0. The van der Waals surface area contributed by atoms with E-state index in [9.17, 15) is 0 Å². The third-order valence-electron chi connectivity index (χ3n) is 2.71. The lowest BCUT2D eigenvalue weighted by Crippen LogP contribution is -2.19. The van der Waals surface area contributed by atoms with Crippen molar-refractivity contribution in [3.63, 3.8) is 0 Å². The van der Waals surface area contributed by atoms with Gasteiger partial charge in [0.1, 0.15) is 0 Å². The zero-order valence-electron chi connectivity index (χ0n) is 13.2. The highest BCUT2D eigenvalue weighted by atomic mass is 16.5. The minimum absolute atomic E-state index is 0.159. The molecule has 0 radical (unpaired) electrons. The number of nitrogens with zero attached hydrogens (tertiary/aromatic N) is 1. The van der Waals surface area contributed by atoms with Crippen molar-refractivity contribution in [2.24, 2.45) is 5.92 Å². The second-order valence-corrected chi connectivity index (χ2v) is 6.08. The quantitative estimate of drug-likeness (QED) is 0.814. The summed E-state index contributed by atoms with van der Waals surface area (Å²) in [5, 5.41) is 3.46. The van der Waals surface area contributed by atoms with E-state index in [4.69, 9.17) is 4.74 Å². The predicted octanol–water partition coefficient (Wildman–Crippen LogP) is 3.74. The molecule has 0 aliphatic rings. The van der Waals surface area contributed by atoms with Crippen molar-refractivity contribution in [2.75, 3.05) is 6.54 Å². The van der Waals surface area contributed by atoms with E-state index in [1.165, 1.54) is 5.56 Å². The normalized spacial score (nSPS) is 11.6. The van der Waals surface area contributed by atoms with E-state index in [0.29, 0.717) is 11.8 Å². The van der Waals surface area contributed by atoms with Gasteiger partial charge in [-0.05, 0) is 43.9 Å². The van der Waals surface area contributed by atoms with Crippen LogP contribution in [0.1, 0.15) is 58.7 Å². The second-order valence-electron chi connectivity index (χ2n) is 6.08. The van der Waals surface area contributed by atoms with Crippen molar-refractivity contribution >= 4 is 0 Å². The summed E-state index contributed by atoms with van der Waals surface area (Å²) in [5.41, 5.74) is 2.34. The van der Waals surface area contributed by atoms with Gasteiger partial charge in [-0.3, -0.25) is 0 Å². The lowest BCUT2D eigenvalue weighted by atomic mass is 10.1. The first-order chi connectivity index (χ1) is 8.88. The molecule has 3 heteroatoms. The Morgan fingerprint density at radius 2 is 1.79 bits per heavy atom. The van der Waals surface area contributed by atoms with E-state index in [-0.39, 0.29) is 6.10 Å². The van der Waals surface area contributed by atoms with E-state index < -0.39 is 0 Å². The van der Waals surface area contributed by atoms with Crippen LogP contribution >= 0.6 is 0 Å². The van der Waals surface area contributed by atoms with Crippen molar-refractivity contribution in [1.29, 1.82) is 0 Å². The zero-order valence-corrected chi connectivity index (χ0v) is 13.2. The number of nitrogens with one attached hydrogen (secondary N) is 1. The number of aromatic nitrogens is 1. The number of rotatable bonds is 7. The lowest BCUT2D eigenvalue weighted by molar-refractivity contribution is 0.231. The van der Waals surface area contributed by atoms with E-state index in [1.54, 1.807) is 0 Å². The molecule has 0 aliphatic heterocycles. The van der Waals surface area contributed by atoms with Gasteiger partial charge in [0.2, 0.25) is 5.88 Å². The molecular weight excluding hydrogens is 236 g/mol. The summed E-state index contributed by atoms with van der Waals surface area (Å²) in [4.78, 5) is 4.57. The Labute approximate surface area is 117 Å². The first-order valence-corrected chi connectivity index (χ1v) is 7.26. The molecule has 19 heavy (non-hydrogen) atoms. The molecular formula is C16H28N2O. The first-order valence-electron chi connectivity index (χ1n) is 7.26. The maximum atomic E-state index is 5.73. The molecule has 0 unspecified atom stereocenters. The number of hydrogen-bond acceptors (Lipinski definition) is 3. The van der Waals surface area contributed by atoms with Crippen LogP contribution in [0.5, 0.6) is 5.88 Å². The average molecular weight is 264 g/mol. The van der Waals surface area contributed by atoms with Crippen LogP contribution in [0.25, 0.3) is 0 Å². The van der Waals surface area contributed by atoms with Crippen LogP contribution < -0.4 is 10.1 Å². The van der Waals surface area contributed by atoms with E-state index >= 15 is 0 Å². The van der Waals surface area contributed by atoms with Crippen LogP contribution in [0.3, 0.4) is 0 Å². The van der Waals surface area contributed by atoms with E-state index in [1.807, 2.05) is 19.9 Å². The Morgan fingerprint density at radius 3 is 2.32 bits per heavy atom. The molecule has 0 saturated heterocycles. The Balaban J connectivity index is 2.80. The summed E-state index contributed by atoms with van der Waals surface area (Å²) in [7, 11) is 0.